The molecule has 6 nitrogen and oxygen atoms in total. The first-order valence-corrected chi connectivity index (χ1v) is 9.75. The van der Waals surface area contributed by atoms with E-state index in [0.29, 0.717) is 17.2 Å². The molecule has 0 unspecified atom stereocenters. The number of aryl methyl sites for hydroxylation is 1. The molecule has 0 atom stereocenters. The second-order valence-corrected chi connectivity index (χ2v) is 7.30. The predicted octanol–water partition coefficient (Wildman–Crippen LogP) is 5.56. The standard InChI is InChI=1S/C23H17F3N6/c1-31-14-16(12-28-31)15-8-9-32-20(13-27-22(32)10-15)19-6-3-7-21(30-19)29-18-5-2-4-17(11-18)23(24,25)26/h2-14H,1H3,(H,29,30). The molecule has 0 aliphatic carbocycles. The predicted molar refractivity (Wildman–Crippen MR) is 115 cm³/mol. The molecule has 0 radical (unpaired) electrons. The summed E-state index contributed by atoms with van der Waals surface area (Å²) in [6.07, 6.45) is 2.95. The van der Waals surface area contributed by atoms with Gasteiger partial charge in [0, 0.05) is 30.7 Å². The van der Waals surface area contributed by atoms with Crippen LogP contribution in [0.5, 0.6) is 0 Å². The number of nitrogens with one attached hydrogen (secondary N) is 1. The fourth-order valence-electron chi connectivity index (χ4n) is 3.49. The second-order valence-electron chi connectivity index (χ2n) is 7.30. The van der Waals surface area contributed by atoms with E-state index in [-0.39, 0.29) is 0 Å². The number of benzene rings is 1. The highest BCUT2D eigenvalue weighted by molar-refractivity contribution is 5.70. The largest absolute Gasteiger partial charge is 0.416 e. The number of halogens is 3. The third-order valence-corrected chi connectivity index (χ3v) is 5.03. The van der Waals surface area contributed by atoms with Crippen molar-refractivity contribution in [2.24, 2.45) is 7.05 Å². The summed E-state index contributed by atoms with van der Waals surface area (Å²) in [7, 11) is 1.86. The number of imidazole rings is 1. The van der Waals surface area contributed by atoms with Gasteiger partial charge >= 0.3 is 6.18 Å². The molecule has 4 aromatic heterocycles. The number of anilines is 2. The van der Waals surface area contributed by atoms with E-state index in [1.54, 1.807) is 35.3 Å². The molecule has 4 heterocycles. The van der Waals surface area contributed by atoms with Crippen LogP contribution in [0, 0.1) is 0 Å². The molecule has 0 bridgehead atoms. The maximum absolute atomic E-state index is 13.0. The van der Waals surface area contributed by atoms with E-state index >= 15 is 0 Å². The minimum absolute atomic E-state index is 0.309. The van der Waals surface area contributed by atoms with Crippen LogP contribution in [0.15, 0.2) is 79.4 Å². The topological polar surface area (TPSA) is 60.0 Å². The van der Waals surface area contributed by atoms with Crippen LogP contribution < -0.4 is 5.32 Å². The fraction of sp³-hybridized carbons (Fsp3) is 0.0870. The summed E-state index contributed by atoms with van der Waals surface area (Å²) in [4.78, 5) is 9.06. The smallest absolute Gasteiger partial charge is 0.340 e. The maximum atomic E-state index is 13.0. The van der Waals surface area contributed by atoms with Crippen molar-refractivity contribution in [2.75, 3.05) is 5.32 Å². The number of aromatic nitrogens is 5. The Hall–Kier alpha value is -4.14. The van der Waals surface area contributed by atoms with E-state index in [4.69, 9.17) is 0 Å². The van der Waals surface area contributed by atoms with Crippen LogP contribution in [-0.4, -0.2) is 24.1 Å². The van der Waals surface area contributed by atoms with Gasteiger partial charge in [-0.25, -0.2) is 9.97 Å². The summed E-state index contributed by atoms with van der Waals surface area (Å²) in [5, 5.41) is 7.15. The molecule has 0 fully saturated rings. The zero-order valence-electron chi connectivity index (χ0n) is 16.9. The quantitative estimate of drug-likeness (QED) is 0.402. The van der Waals surface area contributed by atoms with Crippen molar-refractivity contribution < 1.29 is 13.2 Å². The number of nitrogens with zero attached hydrogens (tertiary/aromatic N) is 5. The molecule has 1 N–H and O–H groups in total. The van der Waals surface area contributed by atoms with Crippen LogP contribution in [0.3, 0.4) is 0 Å². The maximum Gasteiger partial charge on any atom is 0.416 e. The van der Waals surface area contributed by atoms with E-state index in [0.717, 1.165) is 34.6 Å². The van der Waals surface area contributed by atoms with Gasteiger partial charge in [0.2, 0.25) is 0 Å². The average molecular weight is 434 g/mol. The zero-order valence-corrected chi connectivity index (χ0v) is 16.9. The molecule has 5 aromatic rings. The molecule has 1 aromatic carbocycles. The van der Waals surface area contributed by atoms with Gasteiger partial charge in [0.05, 0.1) is 29.3 Å². The minimum Gasteiger partial charge on any atom is -0.340 e. The zero-order chi connectivity index (χ0) is 22.3. The Labute approximate surface area is 181 Å². The number of hydrogen-bond acceptors (Lipinski definition) is 4. The minimum atomic E-state index is -4.40. The summed E-state index contributed by atoms with van der Waals surface area (Å²) in [5.41, 5.74) is 3.74. The van der Waals surface area contributed by atoms with Gasteiger partial charge in [0.25, 0.3) is 0 Å². The van der Waals surface area contributed by atoms with E-state index in [2.05, 4.69) is 20.4 Å². The lowest BCUT2D eigenvalue weighted by atomic mass is 10.1. The van der Waals surface area contributed by atoms with E-state index in [1.807, 2.05) is 42.0 Å². The number of alkyl halides is 3. The first-order chi connectivity index (χ1) is 15.4. The molecule has 0 aliphatic rings. The van der Waals surface area contributed by atoms with Crippen molar-refractivity contribution in [3.63, 3.8) is 0 Å². The highest BCUT2D eigenvalue weighted by Crippen LogP contribution is 2.31. The average Bonchev–Trinajstić information content (AvgIpc) is 3.39. The van der Waals surface area contributed by atoms with Gasteiger partial charge in [-0.1, -0.05) is 12.1 Å². The summed E-state index contributed by atoms with van der Waals surface area (Å²) in [6.45, 7) is 0. The fourth-order valence-corrected chi connectivity index (χ4v) is 3.49. The van der Waals surface area contributed by atoms with Gasteiger partial charge in [-0.2, -0.15) is 18.3 Å². The van der Waals surface area contributed by atoms with Crippen LogP contribution in [0.2, 0.25) is 0 Å². The summed E-state index contributed by atoms with van der Waals surface area (Å²) in [5.74, 6) is 0.434. The van der Waals surface area contributed by atoms with Crippen LogP contribution in [0.1, 0.15) is 5.56 Å². The molecule has 0 amide bonds. The van der Waals surface area contributed by atoms with Gasteiger partial charge < -0.3 is 5.32 Å². The Balaban J connectivity index is 1.45. The molecular formula is C23H17F3N6. The molecular weight excluding hydrogens is 417 g/mol. The van der Waals surface area contributed by atoms with Gasteiger partial charge in [-0.3, -0.25) is 9.08 Å². The molecule has 9 heteroatoms. The molecule has 0 aliphatic heterocycles. The van der Waals surface area contributed by atoms with Gasteiger partial charge in [0.15, 0.2) is 0 Å². The molecule has 0 saturated carbocycles. The Morgan fingerprint density at radius 1 is 0.938 bits per heavy atom. The normalized spacial score (nSPS) is 11.8. The van der Waals surface area contributed by atoms with Crippen molar-refractivity contribution in [2.45, 2.75) is 6.18 Å². The van der Waals surface area contributed by atoms with Gasteiger partial charge in [-0.15, -0.1) is 0 Å². The van der Waals surface area contributed by atoms with E-state index in [1.165, 1.54) is 6.07 Å². The molecule has 32 heavy (non-hydrogen) atoms. The van der Waals surface area contributed by atoms with Crippen molar-refractivity contribution >= 4 is 17.2 Å². The van der Waals surface area contributed by atoms with E-state index in [9.17, 15) is 13.2 Å². The van der Waals surface area contributed by atoms with Crippen molar-refractivity contribution in [3.05, 3.63) is 84.9 Å². The third-order valence-electron chi connectivity index (χ3n) is 5.03. The van der Waals surface area contributed by atoms with Crippen molar-refractivity contribution in [3.8, 4) is 22.5 Å². The second kappa shape index (κ2) is 7.52. The van der Waals surface area contributed by atoms with Crippen molar-refractivity contribution in [1.82, 2.24) is 24.1 Å². The van der Waals surface area contributed by atoms with Crippen LogP contribution in [0.25, 0.3) is 28.2 Å². The summed E-state index contributed by atoms with van der Waals surface area (Å²) in [6, 6.07) is 14.3. The van der Waals surface area contributed by atoms with Crippen LogP contribution >= 0.6 is 0 Å². The Bertz CT molecular complexity index is 1420. The first kappa shape index (κ1) is 19.8. The monoisotopic (exact) mass is 434 g/mol. The Morgan fingerprint density at radius 2 is 1.78 bits per heavy atom. The summed E-state index contributed by atoms with van der Waals surface area (Å²) < 4.78 is 42.6. The summed E-state index contributed by atoms with van der Waals surface area (Å²) >= 11 is 0. The molecule has 160 valence electrons. The first-order valence-electron chi connectivity index (χ1n) is 9.75. The van der Waals surface area contributed by atoms with Crippen molar-refractivity contribution in [1.29, 1.82) is 0 Å². The van der Waals surface area contributed by atoms with Crippen LogP contribution in [-0.2, 0) is 13.2 Å². The van der Waals surface area contributed by atoms with Crippen LogP contribution in [0.4, 0.5) is 24.7 Å². The highest BCUT2D eigenvalue weighted by atomic mass is 19.4. The lowest BCUT2D eigenvalue weighted by Crippen LogP contribution is -2.05. The molecule has 0 saturated heterocycles. The Morgan fingerprint density at radius 3 is 2.56 bits per heavy atom. The number of pyridine rings is 2. The lowest BCUT2D eigenvalue weighted by molar-refractivity contribution is -0.137. The van der Waals surface area contributed by atoms with E-state index < -0.39 is 11.7 Å². The highest BCUT2D eigenvalue weighted by Gasteiger charge is 2.30. The Kier molecular flexibility index (Phi) is 4.66. The molecule has 5 rings (SSSR count). The number of hydrogen-bond donors (Lipinski definition) is 1. The SMILES string of the molecule is Cn1cc(-c2ccn3c(-c4cccc(Nc5cccc(C(F)(F)F)c5)n4)cnc3c2)cn1. The number of fused-ring (bicyclic) bond motifs is 1. The lowest BCUT2D eigenvalue weighted by Gasteiger charge is -2.11. The number of rotatable bonds is 4. The third kappa shape index (κ3) is 3.80. The molecule has 0 spiro atoms. The van der Waals surface area contributed by atoms with Gasteiger partial charge in [0.1, 0.15) is 11.5 Å². The van der Waals surface area contributed by atoms with Gasteiger partial charge in [-0.05, 0) is 48.0 Å².